The molecule has 0 bridgehead atoms. The second-order valence-electron chi connectivity index (χ2n) is 11.0. The fraction of sp³-hybridized carbons (Fsp3) is 0.720. The summed E-state index contributed by atoms with van der Waals surface area (Å²) in [5.41, 5.74) is 6.86. The summed E-state index contributed by atoms with van der Waals surface area (Å²) in [6.45, 7) is 41.2. The van der Waals surface area contributed by atoms with Gasteiger partial charge in [-0.3, -0.25) is 0 Å². The Bertz CT molecular complexity index is 358. The molecule has 0 fully saturated rings. The Labute approximate surface area is 187 Å². The van der Waals surface area contributed by atoms with Gasteiger partial charge in [0.2, 0.25) is 0 Å². The van der Waals surface area contributed by atoms with Crippen LogP contribution in [0, 0.1) is 42.9 Å². The summed E-state index contributed by atoms with van der Waals surface area (Å²) in [5, 5.41) is 0. The molecular formula is C25H49Zr. The van der Waals surface area contributed by atoms with Crippen molar-refractivity contribution in [3.8, 4) is 0 Å². The van der Waals surface area contributed by atoms with E-state index in [-0.39, 0.29) is 42.4 Å². The van der Waals surface area contributed by atoms with Gasteiger partial charge in [-0.2, -0.15) is 16.2 Å². The molecule has 1 aliphatic carbocycles. The van der Waals surface area contributed by atoms with E-state index in [0.717, 1.165) is 0 Å². The topological polar surface area (TPSA) is 0 Å². The van der Waals surface area contributed by atoms with Crippen LogP contribution in [-0.2, 0) is 26.2 Å². The molecule has 26 heavy (non-hydrogen) atoms. The van der Waals surface area contributed by atoms with Gasteiger partial charge in [0, 0.05) is 0 Å². The van der Waals surface area contributed by atoms with Gasteiger partial charge in [-0.1, -0.05) is 80.4 Å². The molecule has 0 atom stereocenters. The minimum absolute atomic E-state index is 0. The van der Waals surface area contributed by atoms with Gasteiger partial charge in [0.15, 0.2) is 0 Å². The molecule has 0 saturated heterocycles. The molecule has 0 aromatic heterocycles. The van der Waals surface area contributed by atoms with Crippen molar-refractivity contribution in [3.63, 3.8) is 0 Å². The van der Waals surface area contributed by atoms with Crippen molar-refractivity contribution in [2.75, 3.05) is 0 Å². The molecule has 0 unspecified atom stereocenters. The van der Waals surface area contributed by atoms with Gasteiger partial charge in [-0.15, -0.1) is 0 Å². The predicted octanol–water partition coefficient (Wildman–Crippen LogP) is 8.91. The van der Waals surface area contributed by atoms with E-state index in [4.69, 9.17) is 0 Å². The van der Waals surface area contributed by atoms with Crippen LogP contribution < -0.4 is 0 Å². The molecule has 0 heterocycles. The van der Waals surface area contributed by atoms with Crippen LogP contribution in [0.25, 0.3) is 0 Å². The van der Waals surface area contributed by atoms with E-state index < -0.39 is 0 Å². The fourth-order valence-corrected chi connectivity index (χ4v) is 1.57. The Hall–Kier alpha value is 0.363. The van der Waals surface area contributed by atoms with Crippen LogP contribution in [-0.4, -0.2) is 0 Å². The molecule has 0 aliphatic heterocycles. The molecule has 1 radical (unpaired) electrons. The van der Waals surface area contributed by atoms with Crippen molar-refractivity contribution in [2.24, 2.45) is 22.2 Å². The zero-order chi connectivity index (χ0) is 21.4. The molecule has 0 N–H and O–H groups in total. The van der Waals surface area contributed by atoms with E-state index in [1.807, 2.05) is 0 Å². The van der Waals surface area contributed by atoms with Crippen LogP contribution in [0.15, 0.2) is 22.3 Å². The van der Waals surface area contributed by atoms with E-state index >= 15 is 0 Å². The Morgan fingerprint density at radius 1 is 0.538 bits per heavy atom. The average Bonchev–Trinajstić information content (AvgIpc) is 2.41. The largest absolute Gasteiger partial charge is 3.00 e. The monoisotopic (exact) mass is 439 g/mol. The van der Waals surface area contributed by atoms with Gasteiger partial charge in [0.1, 0.15) is 0 Å². The Morgan fingerprint density at radius 3 is 0.692 bits per heavy atom. The van der Waals surface area contributed by atoms with E-state index in [0.29, 0.717) is 5.92 Å². The first-order valence-electron chi connectivity index (χ1n) is 9.47. The number of allylic oxidation sites excluding steroid dienone is 4. The molecule has 1 aliphatic rings. The zero-order valence-electron chi connectivity index (χ0n) is 20.7. The quantitative estimate of drug-likeness (QED) is 0.330. The van der Waals surface area contributed by atoms with Crippen LogP contribution in [0.5, 0.6) is 0 Å². The van der Waals surface area contributed by atoms with Gasteiger partial charge >= 0.3 is 26.2 Å². The van der Waals surface area contributed by atoms with Crippen LogP contribution in [0.4, 0.5) is 0 Å². The van der Waals surface area contributed by atoms with Crippen molar-refractivity contribution in [3.05, 3.63) is 43.1 Å². The van der Waals surface area contributed by atoms with Crippen molar-refractivity contribution in [2.45, 2.75) is 96.9 Å². The van der Waals surface area contributed by atoms with Crippen LogP contribution in [0.3, 0.4) is 0 Å². The normalized spacial score (nSPS) is 15.1. The third-order valence-corrected chi connectivity index (χ3v) is 3.04. The first-order chi connectivity index (χ1) is 10.6. The molecule has 0 saturated carbocycles. The molecule has 1 rings (SSSR count). The minimum Gasteiger partial charge on any atom is -0.338 e. The summed E-state index contributed by atoms with van der Waals surface area (Å²) >= 11 is 0. The zero-order valence-corrected chi connectivity index (χ0v) is 23.2. The standard InChI is InChI=1S/C10H16.3C5H11.Zr/c1-6-7(2)9(4)10(5)8(6)3;3*1-5(2,3)4;/h6H,1-5H3;3*1H2,2-4H3;/q;3*-1;+3. The third kappa shape index (κ3) is 32.1. The summed E-state index contributed by atoms with van der Waals surface area (Å²) in [4.78, 5) is 0. The summed E-state index contributed by atoms with van der Waals surface area (Å²) < 4.78 is 0. The molecule has 0 nitrogen and oxygen atoms in total. The number of hydrogen-bond donors (Lipinski definition) is 0. The third-order valence-electron chi connectivity index (χ3n) is 3.04. The van der Waals surface area contributed by atoms with E-state index in [2.05, 4.69) is 118 Å². The van der Waals surface area contributed by atoms with Gasteiger partial charge in [-0.05, 0) is 44.8 Å². The van der Waals surface area contributed by atoms with E-state index in [1.165, 1.54) is 11.1 Å². The smallest absolute Gasteiger partial charge is 0.338 e. The fourth-order valence-electron chi connectivity index (χ4n) is 1.57. The molecule has 153 valence electrons. The number of rotatable bonds is 0. The molecule has 0 aromatic carbocycles. The van der Waals surface area contributed by atoms with Crippen LogP contribution in [0.1, 0.15) is 96.9 Å². The van der Waals surface area contributed by atoms with Gasteiger partial charge in [0.25, 0.3) is 0 Å². The van der Waals surface area contributed by atoms with Gasteiger partial charge in [-0.25, -0.2) is 0 Å². The molecule has 0 aromatic rings. The summed E-state index contributed by atoms with van der Waals surface area (Å²) in [6, 6.07) is 0. The Morgan fingerprint density at radius 2 is 0.654 bits per heavy atom. The van der Waals surface area contributed by atoms with Crippen LogP contribution in [0.2, 0.25) is 0 Å². The van der Waals surface area contributed by atoms with Gasteiger partial charge < -0.3 is 20.8 Å². The van der Waals surface area contributed by atoms with Crippen molar-refractivity contribution >= 4 is 0 Å². The maximum absolute atomic E-state index is 3.77. The second kappa shape index (κ2) is 13.5. The predicted molar refractivity (Wildman–Crippen MR) is 120 cm³/mol. The molecular weight excluding hydrogens is 391 g/mol. The summed E-state index contributed by atoms with van der Waals surface area (Å²) in [6.07, 6.45) is 0. The number of hydrogen-bond acceptors (Lipinski definition) is 0. The van der Waals surface area contributed by atoms with E-state index in [1.54, 1.807) is 11.1 Å². The summed E-state index contributed by atoms with van der Waals surface area (Å²) in [7, 11) is 0. The SMILES string of the molecule is CC1=C(C)C(C)C(C)=C1C.[CH2-]C(C)(C)C.[CH2-]C(C)(C)C.[CH2-]C(C)(C)C.[Zr+3]. The minimum atomic E-state index is 0. The second-order valence-corrected chi connectivity index (χ2v) is 11.0. The maximum atomic E-state index is 3.77. The van der Waals surface area contributed by atoms with Crippen LogP contribution >= 0.6 is 0 Å². The van der Waals surface area contributed by atoms with Crippen molar-refractivity contribution in [1.82, 2.24) is 0 Å². The first kappa shape index (κ1) is 33.9. The summed E-state index contributed by atoms with van der Waals surface area (Å²) in [5.74, 6) is 0.694. The van der Waals surface area contributed by atoms with Crippen molar-refractivity contribution in [1.29, 1.82) is 0 Å². The Balaban J connectivity index is -0.000000132. The average molecular weight is 441 g/mol. The Kier molecular flexibility index (Phi) is 17.6. The van der Waals surface area contributed by atoms with E-state index in [9.17, 15) is 0 Å². The van der Waals surface area contributed by atoms with Crippen molar-refractivity contribution < 1.29 is 26.2 Å². The molecule has 0 amide bonds. The first-order valence-corrected chi connectivity index (χ1v) is 9.47. The van der Waals surface area contributed by atoms with Gasteiger partial charge in [0.05, 0.1) is 0 Å². The molecule has 1 heteroatoms. The maximum Gasteiger partial charge on any atom is 3.00 e. The molecule has 0 spiro atoms.